The Balaban J connectivity index is 2.90. The van der Waals surface area contributed by atoms with E-state index in [9.17, 15) is 13.6 Å². The van der Waals surface area contributed by atoms with Crippen molar-refractivity contribution in [1.82, 2.24) is 5.32 Å². The molecule has 1 rings (SSSR count). The van der Waals surface area contributed by atoms with E-state index in [2.05, 4.69) is 16.1 Å². The molecule has 0 atom stereocenters. The van der Waals surface area contributed by atoms with Gasteiger partial charge < -0.3 is 10.1 Å². The molecule has 1 amide bonds. The second kappa shape index (κ2) is 6.85. The standard InChI is InChI=1S/C14H16F2N2O2/c1-3-14(4-2,9-17)18-12(19)10-6-5-7-11(8-10)20-13(15)16/h5-8,13H,3-4H2,1-2H3,(H,18,19). The van der Waals surface area contributed by atoms with Crippen molar-refractivity contribution in [1.29, 1.82) is 5.26 Å². The number of carbonyl (C=O) groups is 1. The Morgan fingerprint density at radius 2 is 2.10 bits per heavy atom. The second-order valence-corrected chi connectivity index (χ2v) is 4.26. The molecule has 0 aliphatic carbocycles. The van der Waals surface area contributed by atoms with Crippen molar-refractivity contribution in [3.63, 3.8) is 0 Å². The molecule has 0 heterocycles. The number of hydrogen-bond acceptors (Lipinski definition) is 3. The molecule has 20 heavy (non-hydrogen) atoms. The van der Waals surface area contributed by atoms with Crippen LogP contribution in [0.25, 0.3) is 0 Å². The SMILES string of the molecule is CCC(C#N)(CC)NC(=O)c1cccc(OC(F)F)c1. The summed E-state index contributed by atoms with van der Waals surface area (Å²) in [6, 6.07) is 7.55. The van der Waals surface area contributed by atoms with Gasteiger partial charge in [0.2, 0.25) is 0 Å². The highest BCUT2D eigenvalue weighted by Gasteiger charge is 2.28. The molecule has 0 fully saturated rings. The van der Waals surface area contributed by atoms with Gasteiger partial charge in [-0.25, -0.2) is 0 Å². The normalized spacial score (nSPS) is 11.0. The molecule has 6 heteroatoms. The first-order chi connectivity index (χ1) is 9.46. The van der Waals surface area contributed by atoms with E-state index >= 15 is 0 Å². The molecule has 4 nitrogen and oxygen atoms in total. The number of nitrogens with one attached hydrogen (secondary N) is 1. The van der Waals surface area contributed by atoms with Gasteiger partial charge in [0.05, 0.1) is 6.07 Å². The van der Waals surface area contributed by atoms with Crippen LogP contribution in [0.3, 0.4) is 0 Å². The minimum atomic E-state index is -2.95. The molecule has 1 N–H and O–H groups in total. The molecular formula is C14H16F2N2O2. The van der Waals surface area contributed by atoms with Crippen LogP contribution in [0.15, 0.2) is 24.3 Å². The van der Waals surface area contributed by atoms with Crippen molar-refractivity contribution in [2.75, 3.05) is 0 Å². The highest BCUT2D eigenvalue weighted by atomic mass is 19.3. The summed E-state index contributed by atoms with van der Waals surface area (Å²) in [6.45, 7) is 0.643. The van der Waals surface area contributed by atoms with Crippen molar-refractivity contribution in [3.8, 4) is 11.8 Å². The molecule has 0 aliphatic heterocycles. The summed E-state index contributed by atoms with van der Waals surface area (Å²) in [5.74, 6) is -0.585. The van der Waals surface area contributed by atoms with Gasteiger partial charge in [-0.05, 0) is 31.0 Å². The minimum Gasteiger partial charge on any atom is -0.435 e. The highest BCUT2D eigenvalue weighted by Crippen LogP contribution is 2.18. The van der Waals surface area contributed by atoms with Gasteiger partial charge in [0.25, 0.3) is 5.91 Å². The van der Waals surface area contributed by atoms with Gasteiger partial charge in [-0.1, -0.05) is 19.9 Å². The monoisotopic (exact) mass is 282 g/mol. The van der Waals surface area contributed by atoms with Gasteiger partial charge in [-0.3, -0.25) is 4.79 Å². The lowest BCUT2D eigenvalue weighted by Gasteiger charge is -2.24. The zero-order chi connectivity index (χ0) is 15.2. The first-order valence-electron chi connectivity index (χ1n) is 6.25. The van der Waals surface area contributed by atoms with Crippen molar-refractivity contribution in [3.05, 3.63) is 29.8 Å². The van der Waals surface area contributed by atoms with E-state index in [4.69, 9.17) is 5.26 Å². The van der Waals surface area contributed by atoms with Crippen LogP contribution in [0, 0.1) is 11.3 Å². The first-order valence-corrected chi connectivity index (χ1v) is 6.25. The smallest absolute Gasteiger partial charge is 0.387 e. The number of alkyl halides is 2. The van der Waals surface area contributed by atoms with Gasteiger partial charge >= 0.3 is 6.61 Å². The number of halogens is 2. The number of benzene rings is 1. The molecule has 1 aromatic carbocycles. The summed E-state index contributed by atoms with van der Waals surface area (Å²) in [5.41, 5.74) is -0.777. The lowest BCUT2D eigenvalue weighted by Crippen LogP contribution is -2.46. The third-order valence-electron chi connectivity index (χ3n) is 3.10. The fraction of sp³-hybridized carbons (Fsp3) is 0.429. The number of ether oxygens (including phenoxy) is 1. The van der Waals surface area contributed by atoms with Crippen LogP contribution in [-0.2, 0) is 0 Å². The number of hydrogen-bond donors (Lipinski definition) is 1. The topological polar surface area (TPSA) is 62.1 Å². The third-order valence-corrected chi connectivity index (χ3v) is 3.10. The molecular weight excluding hydrogens is 266 g/mol. The molecule has 1 aromatic rings. The van der Waals surface area contributed by atoms with E-state index in [-0.39, 0.29) is 11.3 Å². The molecule has 0 aliphatic rings. The van der Waals surface area contributed by atoms with Crippen LogP contribution in [-0.4, -0.2) is 18.1 Å². The predicted octanol–water partition coefficient (Wildman–Crippen LogP) is 3.10. The summed E-state index contributed by atoms with van der Waals surface area (Å²) >= 11 is 0. The van der Waals surface area contributed by atoms with Crippen molar-refractivity contribution < 1.29 is 18.3 Å². The van der Waals surface area contributed by atoms with E-state index in [0.29, 0.717) is 12.8 Å². The van der Waals surface area contributed by atoms with Crippen molar-refractivity contribution in [2.45, 2.75) is 38.8 Å². The van der Waals surface area contributed by atoms with E-state index in [0.717, 1.165) is 0 Å². The molecule has 0 aromatic heterocycles. The Morgan fingerprint density at radius 1 is 1.45 bits per heavy atom. The third kappa shape index (κ3) is 3.92. The summed E-state index contributed by atoms with van der Waals surface area (Å²) in [5, 5.41) is 11.8. The largest absolute Gasteiger partial charge is 0.435 e. The minimum absolute atomic E-state index is 0.0943. The Bertz CT molecular complexity index is 508. The molecule has 0 bridgehead atoms. The number of carbonyl (C=O) groups excluding carboxylic acids is 1. The van der Waals surface area contributed by atoms with Gasteiger partial charge in [-0.2, -0.15) is 14.0 Å². The van der Waals surface area contributed by atoms with E-state index in [1.165, 1.54) is 24.3 Å². The van der Waals surface area contributed by atoms with Crippen LogP contribution in [0.1, 0.15) is 37.0 Å². The van der Waals surface area contributed by atoms with E-state index < -0.39 is 18.1 Å². The fourth-order valence-electron chi connectivity index (χ4n) is 1.72. The lowest BCUT2D eigenvalue weighted by atomic mass is 9.94. The lowest BCUT2D eigenvalue weighted by molar-refractivity contribution is -0.0498. The first kappa shape index (κ1) is 15.9. The Morgan fingerprint density at radius 3 is 2.60 bits per heavy atom. The highest BCUT2D eigenvalue weighted by molar-refractivity contribution is 5.95. The van der Waals surface area contributed by atoms with Gasteiger partial charge in [-0.15, -0.1) is 0 Å². The quantitative estimate of drug-likeness (QED) is 0.872. The van der Waals surface area contributed by atoms with Crippen LogP contribution in [0.5, 0.6) is 5.75 Å². The van der Waals surface area contributed by atoms with Crippen LogP contribution < -0.4 is 10.1 Å². The maximum absolute atomic E-state index is 12.1. The number of amides is 1. The summed E-state index contributed by atoms with van der Waals surface area (Å²) in [7, 11) is 0. The summed E-state index contributed by atoms with van der Waals surface area (Å²) in [4.78, 5) is 12.1. The summed E-state index contributed by atoms with van der Waals surface area (Å²) < 4.78 is 28.5. The Hall–Kier alpha value is -2.16. The maximum Gasteiger partial charge on any atom is 0.387 e. The fourth-order valence-corrected chi connectivity index (χ4v) is 1.72. The Kier molecular flexibility index (Phi) is 5.44. The summed E-state index contributed by atoms with van der Waals surface area (Å²) in [6.07, 6.45) is 0.915. The zero-order valence-corrected chi connectivity index (χ0v) is 11.3. The van der Waals surface area contributed by atoms with E-state index in [1.807, 2.05) is 0 Å². The van der Waals surface area contributed by atoms with Gasteiger partial charge in [0.1, 0.15) is 11.3 Å². The number of nitriles is 1. The van der Waals surface area contributed by atoms with E-state index in [1.54, 1.807) is 13.8 Å². The van der Waals surface area contributed by atoms with Gasteiger partial charge in [0, 0.05) is 5.56 Å². The average molecular weight is 282 g/mol. The van der Waals surface area contributed by atoms with Crippen LogP contribution in [0.4, 0.5) is 8.78 Å². The van der Waals surface area contributed by atoms with Crippen molar-refractivity contribution >= 4 is 5.91 Å². The van der Waals surface area contributed by atoms with Crippen molar-refractivity contribution in [2.24, 2.45) is 0 Å². The van der Waals surface area contributed by atoms with Crippen LogP contribution in [0.2, 0.25) is 0 Å². The molecule has 0 saturated heterocycles. The predicted molar refractivity (Wildman–Crippen MR) is 69.5 cm³/mol. The number of rotatable bonds is 6. The second-order valence-electron chi connectivity index (χ2n) is 4.26. The molecule has 0 saturated carbocycles. The molecule has 108 valence electrons. The number of nitrogens with zero attached hydrogens (tertiary/aromatic N) is 1. The Labute approximate surface area is 116 Å². The average Bonchev–Trinajstić information content (AvgIpc) is 2.44. The van der Waals surface area contributed by atoms with Gasteiger partial charge in [0.15, 0.2) is 0 Å². The molecule has 0 spiro atoms. The molecule has 0 unspecified atom stereocenters. The maximum atomic E-state index is 12.1. The molecule has 0 radical (unpaired) electrons. The van der Waals surface area contributed by atoms with Crippen LogP contribution >= 0.6 is 0 Å². The zero-order valence-electron chi connectivity index (χ0n) is 11.3.